The number of hydrogen-bond donors (Lipinski definition) is 1. The van der Waals surface area contributed by atoms with E-state index in [-0.39, 0.29) is 11.0 Å². The zero-order valence-electron chi connectivity index (χ0n) is 12.1. The van der Waals surface area contributed by atoms with Crippen molar-refractivity contribution in [2.75, 3.05) is 0 Å². The second kappa shape index (κ2) is 5.27. The summed E-state index contributed by atoms with van der Waals surface area (Å²) in [5, 5.41) is 2.85. The van der Waals surface area contributed by atoms with Gasteiger partial charge in [0.15, 0.2) is 11.6 Å². The summed E-state index contributed by atoms with van der Waals surface area (Å²) in [5.41, 5.74) is -0.230. The lowest BCUT2D eigenvalue weighted by molar-refractivity contribution is 0.0891. The van der Waals surface area contributed by atoms with E-state index < -0.39 is 23.1 Å². The highest BCUT2D eigenvalue weighted by Gasteiger charge is 2.27. The monoisotopic (exact) mass is 269 g/mol. The zero-order valence-corrected chi connectivity index (χ0v) is 12.1. The molecule has 1 N–H and O–H groups in total. The van der Waals surface area contributed by atoms with Gasteiger partial charge >= 0.3 is 0 Å². The predicted molar refractivity (Wildman–Crippen MR) is 72.0 cm³/mol. The normalized spacial score (nSPS) is 12.4. The lowest BCUT2D eigenvalue weighted by Crippen LogP contribution is -2.45. The van der Waals surface area contributed by atoms with Crippen molar-refractivity contribution in [1.82, 2.24) is 5.32 Å². The van der Waals surface area contributed by atoms with E-state index in [1.807, 2.05) is 13.8 Å². The molecule has 1 amide bonds. The fraction of sp³-hybridized carbons (Fsp3) is 0.533. The Morgan fingerprint density at radius 3 is 2.16 bits per heavy atom. The molecule has 106 valence electrons. The van der Waals surface area contributed by atoms with Gasteiger partial charge in [0, 0.05) is 11.1 Å². The van der Waals surface area contributed by atoms with Crippen molar-refractivity contribution in [2.24, 2.45) is 5.41 Å². The summed E-state index contributed by atoms with van der Waals surface area (Å²) in [6, 6.07) is 3.15. The first-order valence-corrected chi connectivity index (χ1v) is 6.28. The Kier molecular flexibility index (Phi) is 4.33. The van der Waals surface area contributed by atoms with Crippen LogP contribution in [0.4, 0.5) is 8.78 Å². The van der Waals surface area contributed by atoms with Gasteiger partial charge in [-0.05, 0) is 43.9 Å². The number of hydrogen-bond acceptors (Lipinski definition) is 1. The quantitative estimate of drug-likeness (QED) is 0.885. The Morgan fingerprint density at radius 2 is 1.68 bits per heavy atom. The molecule has 1 aromatic carbocycles. The summed E-state index contributed by atoms with van der Waals surface area (Å²) in [6.07, 6.45) is 0.773. The molecule has 2 nitrogen and oxygen atoms in total. The molecule has 0 aromatic heterocycles. The molecule has 0 aliphatic rings. The smallest absolute Gasteiger partial charge is 0.251 e. The molecular weight excluding hydrogens is 248 g/mol. The third-order valence-corrected chi connectivity index (χ3v) is 2.61. The fourth-order valence-electron chi connectivity index (χ4n) is 2.39. The van der Waals surface area contributed by atoms with Crippen molar-refractivity contribution in [3.8, 4) is 0 Å². The van der Waals surface area contributed by atoms with Crippen LogP contribution in [0.2, 0.25) is 0 Å². The molecule has 0 unspecified atom stereocenters. The first kappa shape index (κ1) is 15.6. The number of nitrogens with one attached hydrogen (secondary N) is 1. The molecule has 0 fully saturated rings. The van der Waals surface area contributed by atoms with Crippen LogP contribution in [0.25, 0.3) is 0 Å². The average molecular weight is 269 g/mol. The summed E-state index contributed by atoms with van der Waals surface area (Å²) < 4.78 is 25.9. The SMILES string of the molecule is CC(C)(C)CC(C)(C)NC(=O)c1ccc(F)c(F)c1. The molecule has 1 aromatic rings. The van der Waals surface area contributed by atoms with Crippen molar-refractivity contribution in [3.63, 3.8) is 0 Å². The Bertz CT molecular complexity index is 476. The number of carbonyl (C=O) groups is 1. The maximum Gasteiger partial charge on any atom is 0.251 e. The molecule has 0 spiro atoms. The van der Waals surface area contributed by atoms with E-state index in [9.17, 15) is 13.6 Å². The van der Waals surface area contributed by atoms with E-state index in [0.29, 0.717) is 0 Å². The molecule has 1 rings (SSSR count). The van der Waals surface area contributed by atoms with Crippen LogP contribution in [0.3, 0.4) is 0 Å². The first-order valence-electron chi connectivity index (χ1n) is 6.28. The molecule has 0 bridgehead atoms. The van der Waals surface area contributed by atoms with Crippen LogP contribution < -0.4 is 5.32 Å². The van der Waals surface area contributed by atoms with Crippen molar-refractivity contribution < 1.29 is 13.6 Å². The number of amides is 1. The Hall–Kier alpha value is -1.45. The summed E-state index contributed by atoms with van der Waals surface area (Å²) in [6.45, 7) is 10.1. The second-order valence-corrected chi connectivity index (χ2v) is 6.70. The van der Waals surface area contributed by atoms with Crippen LogP contribution in [0.1, 0.15) is 51.4 Å². The van der Waals surface area contributed by atoms with Gasteiger partial charge < -0.3 is 5.32 Å². The van der Waals surface area contributed by atoms with Crippen LogP contribution in [0, 0.1) is 17.0 Å². The van der Waals surface area contributed by atoms with E-state index in [1.165, 1.54) is 6.07 Å². The fourth-order valence-corrected chi connectivity index (χ4v) is 2.39. The van der Waals surface area contributed by atoms with Gasteiger partial charge in [-0.15, -0.1) is 0 Å². The number of carbonyl (C=O) groups excluding carboxylic acids is 1. The molecule has 19 heavy (non-hydrogen) atoms. The van der Waals surface area contributed by atoms with Crippen LogP contribution in [-0.2, 0) is 0 Å². The molecule has 0 aliphatic carbocycles. The predicted octanol–water partition coefficient (Wildman–Crippen LogP) is 3.91. The van der Waals surface area contributed by atoms with Gasteiger partial charge in [0.25, 0.3) is 5.91 Å². The molecule has 0 saturated heterocycles. The maximum absolute atomic E-state index is 13.1. The van der Waals surface area contributed by atoms with Crippen LogP contribution >= 0.6 is 0 Å². The summed E-state index contributed by atoms with van der Waals surface area (Å²) in [5.74, 6) is -2.36. The lowest BCUT2D eigenvalue weighted by Gasteiger charge is -2.33. The van der Waals surface area contributed by atoms with Crippen molar-refractivity contribution in [3.05, 3.63) is 35.4 Å². The second-order valence-electron chi connectivity index (χ2n) is 6.70. The zero-order chi connectivity index (χ0) is 14.8. The van der Waals surface area contributed by atoms with Crippen LogP contribution in [-0.4, -0.2) is 11.4 Å². The largest absolute Gasteiger partial charge is 0.347 e. The van der Waals surface area contributed by atoms with Gasteiger partial charge in [0.1, 0.15) is 0 Å². The van der Waals surface area contributed by atoms with Gasteiger partial charge in [0.05, 0.1) is 0 Å². The first-order chi connectivity index (χ1) is 8.50. The summed E-state index contributed by atoms with van der Waals surface area (Å²) in [7, 11) is 0. The summed E-state index contributed by atoms with van der Waals surface area (Å²) >= 11 is 0. The van der Waals surface area contributed by atoms with Gasteiger partial charge in [-0.2, -0.15) is 0 Å². The highest BCUT2D eigenvalue weighted by molar-refractivity contribution is 5.94. The molecule has 0 saturated carbocycles. The number of rotatable bonds is 3. The maximum atomic E-state index is 13.1. The Labute approximate surface area is 113 Å². The number of halogens is 2. The molecule has 0 atom stereocenters. The van der Waals surface area contributed by atoms with Crippen molar-refractivity contribution >= 4 is 5.91 Å². The minimum atomic E-state index is -1.01. The molecule has 0 aliphatic heterocycles. The van der Waals surface area contributed by atoms with E-state index >= 15 is 0 Å². The van der Waals surface area contributed by atoms with Gasteiger partial charge in [0.2, 0.25) is 0 Å². The third kappa shape index (κ3) is 4.97. The van der Waals surface area contributed by atoms with E-state index in [4.69, 9.17) is 0 Å². The standard InChI is InChI=1S/C15H21F2NO/c1-14(2,3)9-15(4,5)18-13(19)10-6-7-11(16)12(17)8-10/h6-8H,9H2,1-5H3,(H,18,19). The molecule has 0 radical (unpaired) electrons. The highest BCUT2D eigenvalue weighted by atomic mass is 19.2. The Balaban J connectivity index is 2.81. The van der Waals surface area contributed by atoms with Crippen LogP contribution in [0.15, 0.2) is 18.2 Å². The molecule has 4 heteroatoms. The van der Waals surface area contributed by atoms with Gasteiger partial charge in [-0.1, -0.05) is 20.8 Å². The molecule has 0 heterocycles. The van der Waals surface area contributed by atoms with E-state index in [2.05, 4.69) is 26.1 Å². The van der Waals surface area contributed by atoms with Crippen molar-refractivity contribution in [2.45, 2.75) is 46.6 Å². The number of benzene rings is 1. The minimum absolute atomic E-state index is 0.0603. The lowest BCUT2D eigenvalue weighted by atomic mass is 9.81. The topological polar surface area (TPSA) is 29.1 Å². The molecular formula is C15H21F2NO. The summed E-state index contributed by atoms with van der Waals surface area (Å²) in [4.78, 5) is 12.0. The highest BCUT2D eigenvalue weighted by Crippen LogP contribution is 2.27. The van der Waals surface area contributed by atoms with Gasteiger partial charge in [-0.25, -0.2) is 8.78 Å². The third-order valence-electron chi connectivity index (χ3n) is 2.61. The minimum Gasteiger partial charge on any atom is -0.347 e. The average Bonchev–Trinajstić information content (AvgIpc) is 2.17. The van der Waals surface area contributed by atoms with Crippen LogP contribution in [0.5, 0.6) is 0 Å². The van der Waals surface area contributed by atoms with E-state index in [1.54, 1.807) is 0 Å². The van der Waals surface area contributed by atoms with Gasteiger partial charge in [-0.3, -0.25) is 4.79 Å². The van der Waals surface area contributed by atoms with Crippen molar-refractivity contribution in [1.29, 1.82) is 0 Å². The Morgan fingerprint density at radius 1 is 1.11 bits per heavy atom. The van der Waals surface area contributed by atoms with E-state index in [0.717, 1.165) is 18.6 Å².